The third kappa shape index (κ3) is 5.45. The zero-order chi connectivity index (χ0) is 29.6. The van der Waals surface area contributed by atoms with E-state index >= 15 is 0 Å². The maximum absolute atomic E-state index is 13.9. The largest absolute Gasteiger partial charge is 0.528 e. The molecule has 1 aliphatic heterocycles. The average molecular weight is 599 g/mol. The van der Waals surface area contributed by atoms with Crippen LogP contribution < -0.4 is 4.52 Å². The monoisotopic (exact) mass is 598 g/mol. The van der Waals surface area contributed by atoms with E-state index in [1.54, 1.807) is 14.2 Å². The molecule has 3 aromatic carbocycles. The van der Waals surface area contributed by atoms with Crippen molar-refractivity contribution in [3.8, 4) is 16.9 Å². The van der Waals surface area contributed by atoms with E-state index in [0.29, 0.717) is 19.0 Å². The smallest absolute Gasteiger partial charge is 0.403 e. The fourth-order valence-corrected chi connectivity index (χ4v) is 8.56. The van der Waals surface area contributed by atoms with Crippen molar-refractivity contribution in [3.63, 3.8) is 0 Å². The van der Waals surface area contributed by atoms with Gasteiger partial charge in [-0.2, -0.15) is 0 Å². The Balaban J connectivity index is 1.50. The number of aryl methyl sites for hydroxylation is 1. The second-order valence-electron chi connectivity index (χ2n) is 12.2. The minimum absolute atomic E-state index is 0.230. The van der Waals surface area contributed by atoms with E-state index in [9.17, 15) is 9.46 Å². The molecular formula is C36H39O6P. The van der Waals surface area contributed by atoms with Crippen LogP contribution in [0.1, 0.15) is 77.8 Å². The number of allylic oxidation sites excluding steroid dienone is 2. The molecule has 4 aliphatic rings. The molecule has 7 heteroatoms. The summed E-state index contributed by atoms with van der Waals surface area (Å²) < 4.78 is 37.3. The van der Waals surface area contributed by atoms with Gasteiger partial charge in [0.15, 0.2) is 0 Å². The summed E-state index contributed by atoms with van der Waals surface area (Å²) in [6.45, 7) is 0.985. The van der Waals surface area contributed by atoms with Crippen LogP contribution in [0.2, 0.25) is 0 Å². The van der Waals surface area contributed by atoms with Gasteiger partial charge >= 0.3 is 7.82 Å². The number of phosphoric acid groups is 1. The van der Waals surface area contributed by atoms with Crippen LogP contribution in [0.15, 0.2) is 71.8 Å². The Morgan fingerprint density at radius 1 is 0.884 bits per heavy atom. The molecule has 6 nitrogen and oxygen atoms in total. The van der Waals surface area contributed by atoms with E-state index in [4.69, 9.17) is 18.5 Å². The van der Waals surface area contributed by atoms with Crippen molar-refractivity contribution >= 4 is 13.4 Å². The van der Waals surface area contributed by atoms with Gasteiger partial charge in [-0.3, -0.25) is 9.42 Å². The van der Waals surface area contributed by atoms with Gasteiger partial charge in [0.25, 0.3) is 0 Å². The molecule has 0 saturated heterocycles. The summed E-state index contributed by atoms with van der Waals surface area (Å²) in [4.78, 5) is 11.4. The van der Waals surface area contributed by atoms with Gasteiger partial charge in [-0.1, -0.05) is 48.5 Å². The minimum atomic E-state index is -4.50. The molecule has 2 unspecified atom stereocenters. The highest BCUT2D eigenvalue weighted by atomic mass is 31.2. The van der Waals surface area contributed by atoms with E-state index < -0.39 is 13.9 Å². The van der Waals surface area contributed by atoms with Crippen molar-refractivity contribution in [1.29, 1.82) is 0 Å². The normalized spacial score (nSPS) is 24.6. The Bertz CT molecular complexity index is 1670. The topological polar surface area (TPSA) is 74.2 Å². The molecule has 0 amide bonds. The maximum atomic E-state index is 13.9. The predicted octanol–water partition coefficient (Wildman–Crippen LogP) is 8.45. The Morgan fingerprint density at radius 3 is 2.42 bits per heavy atom. The average Bonchev–Trinajstić information content (AvgIpc) is 3.14. The first-order chi connectivity index (χ1) is 21.0. The Hall–Kier alpha value is -2.99. The zero-order valence-electron chi connectivity index (χ0n) is 24.9. The summed E-state index contributed by atoms with van der Waals surface area (Å²) >= 11 is 0. The fourth-order valence-electron chi connectivity index (χ4n) is 7.57. The summed E-state index contributed by atoms with van der Waals surface area (Å²) in [5, 5.41) is 0. The van der Waals surface area contributed by atoms with Gasteiger partial charge in [0.2, 0.25) is 0 Å². The highest BCUT2D eigenvalue weighted by Gasteiger charge is 2.46. The summed E-state index contributed by atoms with van der Waals surface area (Å²) in [5.74, 6) is 0.247. The second kappa shape index (κ2) is 11.8. The van der Waals surface area contributed by atoms with Crippen LogP contribution in [0.25, 0.3) is 16.7 Å². The number of ether oxygens (including phenoxy) is 2. The molecule has 1 heterocycles. The van der Waals surface area contributed by atoms with E-state index in [2.05, 4.69) is 36.4 Å². The van der Waals surface area contributed by atoms with E-state index in [0.717, 1.165) is 90.3 Å². The number of methoxy groups -OCH3 is 2. The highest BCUT2D eigenvalue weighted by Crippen LogP contribution is 2.61. The molecule has 0 bridgehead atoms. The van der Waals surface area contributed by atoms with Crippen LogP contribution in [0.3, 0.4) is 0 Å². The van der Waals surface area contributed by atoms with Gasteiger partial charge in [-0.25, -0.2) is 4.57 Å². The number of rotatable bonds is 6. The van der Waals surface area contributed by atoms with Gasteiger partial charge < -0.3 is 14.0 Å². The molecule has 224 valence electrons. The summed E-state index contributed by atoms with van der Waals surface area (Å²) in [6.07, 6.45) is 9.89. The zero-order valence-corrected chi connectivity index (χ0v) is 25.8. The molecule has 1 fully saturated rings. The quantitative estimate of drug-likeness (QED) is 0.287. The van der Waals surface area contributed by atoms with Gasteiger partial charge in [-0.15, -0.1) is 0 Å². The van der Waals surface area contributed by atoms with Gasteiger partial charge in [0, 0.05) is 31.3 Å². The van der Waals surface area contributed by atoms with Crippen molar-refractivity contribution in [3.05, 3.63) is 105 Å². The number of fused-ring (bicyclic) bond motifs is 6. The molecular weight excluding hydrogens is 559 g/mol. The lowest BCUT2D eigenvalue weighted by atomic mass is 9.70. The van der Waals surface area contributed by atoms with Crippen molar-refractivity contribution in [1.82, 2.24) is 0 Å². The Morgan fingerprint density at radius 2 is 1.60 bits per heavy atom. The third-order valence-electron chi connectivity index (χ3n) is 9.35. The fraction of sp³-hybridized carbons (Fsp3) is 0.389. The Kier molecular flexibility index (Phi) is 7.92. The van der Waals surface area contributed by atoms with Crippen molar-refractivity contribution < 1.29 is 28.0 Å². The first-order valence-corrected chi connectivity index (χ1v) is 17.0. The van der Waals surface area contributed by atoms with Crippen LogP contribution in [-0.4, -0.2) is 25.2 Å². The molecule has 43 heavy (non-hydrogen) atoms. The lowest BCUT2D eigenvalue weighted by molar-refractivity contribution is 0.166. The number of hydrogen-bond acceptors (Lipinski definition) is 5. The molecule has 3 aliphatic carbocycles. The molecule has 7 rings (SSSR count). The second-order valence-corrected chi connectivity index (χ2v) is 13.5. The maximum Gasteiger partial charge on any atom is 0.528 e. The lowest BCUT2D eigenvalue weighted by Crippen LogP contribution is -2.28. The van der Waals surface area contributed by atoms with Crippen molar-refractivity contribution in [2.45, 2.75) is 76.6 Å². The SMILES string of the molecule is COCc1cccc(-c2cc3c(c4c2OP(=O)(O)OC2C4=C4CCCCC4=C[C@H]2c2cccc(COC)c2)CCCC3)c1. The summed E-state index contributed by atoms with van der Waals surface area (Å²) in [5.41, 5.74) is 12.1. The lowest BCUT2D eigenvalue weighted by Gasteiger charge is -2.37. The molecule has 3 aromatic rings. The minimum Gasteiger partial charge on any atom is -0.403 e. The van der Waals surface area contributed by atoms with Crippen LogP contribution >= 0.6 is 7.82 Å². The van der Waals surface area contributed by atoms with Gasteiger partial charge in [0.1, 0.15) is 11.9 Å². The van der Waals surface area contributed by atoms with E-state index in [1.807, 2.05) is 24.3 Å². The molecule has 0 aromatic heterocycles. The van der Waals surface area contributed by atoms with E-state index in [1.165, 1.54) is 22.3 Å². The number of hydrogen-bond donors (Lipinski definition) is 1. The van der Waals surface area contributed by atoms with E-state index in [-0.39, 0.29) is 5.92 Å². The van der Waals surface area contributed by atoms with Crippen LogP contribution in [-0.2, 0) is 44.6 Å². The predicted molar refractivity (Wildman–Crippen MR) is 168 cm³/mol. The standard InChI is InChI=1S/C36H39O6P/c1-39-21-23-9-7-13-25(17-23)31-19-27-11-3-5-15-29(27)33-34-30-16-6-4-12-28(30)20-32(26-14-8-10-24(18-26)22-40-2)36(34)42-43(37,38)41-35(31)33/h7-10,13-14,17-20,31,35H,3-6,11-12,15-16,21-22H2,1-2H3,(H,37,38)/t31-,35?/m0/s1. The Labute approximate surface area is 254 Å². The molecule has 1 N–H and O–H groups in total. The number of benzene rings is 3. The summed E-state index contributed by atoms with van der Waals surface area (Å²) in [7, 11) is -1.12. The van der Waals surface area contributed by atoms with Crippen LogP contribution in [0.5, 0.6) is 5.75 Å². The van der Waals surface area contributed by atoms with Crippen molar-refractivity contribution in [2.75, 3.05) is 14.2 Å². The molecule has 0 radical (unpaired) electrons. The van der Waals surface area contributed by atoms with Gasteiger partial charge in [-0.05, 0) is 114 Å². The molecule has 3 atom stereocenters. The molecule has 1 saturated carbocycles. The number of phosphoric ester groups is 1. The highest BCUT2D eigenvalue weighted by molar-refractivity contribution is 7.48. The third-order valence-corrected chi connectivity index (χ3v) is 10.3. The summed E-state index contributed by atoms with van der Waals surface area (Å²) in [6, 6.07) is 18.7. The first kappa shape index (κ1) is 28.8. The van der Waals surface area contributed by atoms with Crippen molar-refractivity contribution in [2.24, 2.45) is 0 Å². The molecule has 0 spiro atoms. The van der Waals surface area contributed by atoms with Gasteiger partial charge in [0.05, 0.1) is 13.2 Å². The first-order valence-electron chi connectivity index (χ1n) is 15.5. The van der Waals surface area contributed by atoms with Crippen LogP contribution in [0, 0.1) is 0 Å². The van der Waals surface area contributed by atoms with Crippen LogP contribution in [0.4, 0.5) is 0 Å².